The molecule has 10 nitrogen and oxygen atoms in total. The molecule has 0 saturated carbocycles. The van der Waals surface area contributed by atoms with E-state index >= 15 is 0 Å². The molecule has 0 aromatic heterocycles. The van der Waals surface area contributed by atoms with E-state index in [1.807, 2.05) is 55.5 Å². The molecule has 2 aliphatic rings. The number of nitrogens with one attached hydrogen (secondary N) is 3. The Morgan fingerprint density at radius 2 is 1.91 bits per heavy atom. The smallest absolute Gasteiger partial charge is 0.244 e. The molecule has 11 heteroatoms. The van der Waals surface area contributed by atoms with Crippen molar-refractivity contribution in [2.45, 2.75) is 69.3 Å². The van der Waals surface area contributed by atoms with Crippen molar-refractivity contribution in [1.29, 1.82) is 0 Å². The molecule has 4 bridgehead atoms. The first-order chi connectivity index (χ1) is 20.7. The molecule has 2 aliphatic heterocycles. The van der Waals surface area contributed by atoms with Crippen LogP contribution in [0.4, 0.5) is 0 Å². The van der Waals surface area contributed by atoms with E-state index in [4.69, 9.17) is 10.5 Å². The zero-order valence-electron chi connectivity index (χ0n) is 24.7. The van der Waals surface area contributed by atoms with Gasteiger partial charge in [0.25, 0.3) is 0 Å². The number of thiol groups is 1. The van der Waals surface area contributed by atoms with E-state index in [-0.39, 0.29) is 37.2 Å². The van der Waals surface area contributed by atoms with E-state index in [0.717, 1.165) is 41.7 Å². The standard InChI is InChI=1S/C32H43N5O5S/c1-21-9-11-25-18-24(21)19-34-30(39)26(12-10-22-6-3-2-4-7-22)35-31(40)28(36-27(38)13-15-33)29(43)32(41)37-16-5-8-23(20-37)14-17-42-25/h2-4,6-7,9,11,18,23,26,28-29,43H,5,8,10,12-17,19-20,33H2,1H3,(H,34,39)(H,35,40)(H,36,38)/t23?,26-,28-,29?/m0/s1. The summed E-state index contributed by atoms with van der Waals surface area (Å²) < 4.78 is 6.07. The molecule has 4 atom stereocenters. The van der Waals surface area contributed by atoms with E-state index in [1.54, 1.807) is 4.90 Å². The maximum Gasteiger partial charge on any atom is 0.244 e. The molecular formula is C32H43N5O5S. The Bertz CT molecular complexity index is 1280. The van der Waals surface area contributed by atoms with Gasteiger partial charge in [-0.05, 0) is 73.8 Å². The van der Waals surface area contributed by atoms with Crippen molar-refractivity contribution in [2.75, 3.05) is 26.2 Å². The second-order valence-corrected chi connectivity index (χ2v) is 11.9. The predicted molar refractivity (Wildman–Crippen MR) is 168 cm³/mol. The summed E-state index contributed by atoms with van der Waals surface area (Å²) in [6, 6.07) is 13.3. The molecule has 2 heterocycles. The highest BCUT2D eigenvalue weighted by atomic mass is 32.1. The van der Waals surface area contributed by atoms with Crippen LogP contribution >= 0.6 is 12.6 Å². The number of rotatable bonds is 6. The number of amides is 4. The van der Waals surface area contributed by atoms with Gasteiger partial charge in [-0.25, -0.2) is 0 Å². The average Bonchev–Trinajstić information content (AvgIpc) is 3.01. The second kappa shape index (κ2) is 15.8. The molecule has 5 N–H and O–H groups in total. The summed E-state index contributed by atoms with van der Waals surface area (Å²) in [5.74, 6) is -0.858. The van der Waals surface area contributed by atoms with Crippen molar-refractivity contribution < 1.29 is 23.9 Å². The second-order valence-electron chi connectivity index (χ2n) is 11.3. The number of hydrogen-bond donors (Lipinski definition) is 5. The van der Waals surface area contributed by atoms with E-state index in [9.17, 15) is 19.2 Å². The minimum atomic E-state index is -1.29. The predicted octanol–water partition coefficient (Wildman–Crippen LogP) is 1.88. The topological polar surface area (TPSA) is 143 Å². The van der Waals surface area contributed by atoms with Gasteiger partial charge in [-0.2, -0.15) is 12.6 Å². The fraction of sp³-hybridized carbons (Fsp3) is 0.500. The highest BCUT2D eigenvalue weighted by Crippen LogP contribution is 2.24. The van der Waals surface area contributed by atoms with Crippen LogP contribution in [0.2, 0.25) is 0 Å². The van der Waals surface area contributed by atoms with E-state index in [0.29, 0.717) is 32.5 Å². The van der Waals surface area contributed by atoms with Crippen molar-refractivity contribution in [3.05, 3.63) is 65.2 Å². The van der Waals surface area contributed by atoms with Crippen LogP contribution in [0.5, 0.6) is 5.75 Å². The summed E-state index contributed by atoms with van der Waals surface area (Å²) >= 11 is 4.57. The van der Waals surface area contributed by atoms with Crippen LogP contribution in [0.15, 0.2) is 48.5 Å². The van der Waals surface area contributed by atoms with Gasteiger partial charge >= 0.3 is 0 Å². The third-order valence-electron chi connectivity index (χ3n) is 8.14. The first-order valence-electron chi connectivity index (χ1n) is 15.1. The van der Waals surface area contributed by atoms with Crippen LogP contribution in [-0.2, 0) is 32.1 Å². The van der Waals surface area contributed by atoms with E-state index < -0.39 is 29.1 Å². The lowest BCUT2D eigenvalue weighted by atomic mass is 9.94. The molecule has 232 valence electrons. The van der Waals surface area contributed by atoms with Crippen LogP contribution in [0.25, 0.3) is 0 Å². The molecule has 0 aliphatic carbocycles. The number of hydrogen-bond acceptors (Lipinski definition) is 7. The largest absolute Gasteiger partial charge is 0.494 e. The summed E-state index contributed by atoms with van der Waals surface area (Å²) in [7, 11) is 0. The van der Waals surface area contributed by atoms with Crippen LogP contribution in [0.1, 0.15) is 48.8 Å². The monoisotopic (exact) mass is 609 g/mol. The van der Waals surface area contributed by atoms with Gasteiger partial charge in [0.1, 0.15) is 23.1 Å². The van der Waals surface area contributed by atoms with Crippen molar-refractivity contribution in [2.24, 2.45) is 11.7 Å². The highest BCUT2D eigenvalue weighted by molar-refractivity contribution is 7.82. The molecular weight excluding hydrogens is 566 g/mol. The number of aryl methyl sites for hydroxylation is 2. The third kappa shape index (κ3) is 9.21. The zero-order chi connectivity index (χ0) is 30.8. The van der Waals surface area contributed by atoms with Crippen LogP contribution in [-0.4, -0.2) is 72.1 Å². The fourth-order valence-corrected chi connectivity index (χ4v) is 5.93. The van der Waals surface area contributed by atoms with Crippen molar-refractivity contribution in [3.63, 3.8) is 0 Å². The minimum absolute atomic E-state index is 0.0133. The number of nitrogens with zero attached hydrogens (tertiary/aromatic N) is 1. The van der Waals surface area contributed by atoms with Crippen molar-refractivity contribution in [3.8, 4) is 5.75 Å². The van der Waals surface area contributed by atoms with Crippen LogP contribution in [0, 0.1) is 12.8 Å². The van der Waals surface area contributed by atoms with Gasteiger partial charge in [-0.3, -0.25) is 19.2 Å². The Morgan fingerprint density at radius 1 is 1.12 bits per heavy atom. The van der Waals surface area contributed by atoms with Crippen molar-refractivity contribution in [1.82, 2.24) is 20.9 Å². The third-order valence-corrected chi connectivity index (χ3v) is 8.65. The van der Waals surface area contributed by atoms with Crippen LogP contribution in [0.3, 0.4) is 0 Å². The van der Waals surface area contributed by atoms with E-state index in [1.165, 1.54) is 0 Å². The summed E-state index contributed by atoms with van der Waals surface area (Å²) in [4.78, 5) is 55.3. The maximum atomic E-state index is 13.8. The summed E-state index contributed by atoms with van der Waals surface area (Å²) in [6.45, 7) is 3.87. The SMILES string of the molecule is Cc1ccc2cc1CNC(=O)[C@H](CCc1ccccc1)NC(=O)[C@@H](NC(=O)CCN)C(S)C(=O)N1CCCC(CCO2)C1. The Morgan fingerprint density at radius 3 is 2.67 bits per heavy atom. The molecule has 0 spiro atoms. The van der Waals surface area contributed by atoms with Gasteiger partial charge in [0.2, 0.25) is 23.6 Å². The minimum Gasteiger partial charge on any atom is -0.494 e. The number of nitrogens with two attached hydrogens (primary N) is 1. The number of carbonyl (C=O) groups is 4. The molecule has 2 unspecified atom stereocenters. The van der Waals surface area contributed by atoms with Crippen molar-refractivity contribution >= 4 is 36.3 Å². The number of ether oxygens (including phenoxy) is 1. The Balaban J connectivity index is 1.63. The van der Waals surface area contributed by atoms with Gasteiger partial charge in [-0.1, -0.05) is 36.4 Å². The van der Waals surface area contributed by atoms with E-state index in [2.05, 4.69) is 28.6 Å². The lowest BCUT2D eigenvalue weighted by Crippen LogP contribution is -2.60. The molecule has 0 radical (unpaired) electrons. The first kappa shape index (κ1) is 32.3. The van der Waals surface area contributed by atoms with Gasteiger partial charge < -0.3 is 31.3 Å². The molecule has 1 fully saturated rings. The maximum absolute atomic E-state index is 13.8. The molecule has 4 amide bonds. The number of benzene rings is 2. The molecule has 1 saturated heterocycles. The molecule has 4 rings (SSSR count). The number of piperidine rings is 1. The van der Waals surface area contributed by atoms with Gasteiger partial charge in [0.05, 0.1) is 6.61 Å². The van der Waals surface area contributed by atoms with Crippen LogP contribution < -0.4 is 26.4 Å². The Kier molecular flexibility index (Phi) is 11.9. The lowest BCUT2D eigenvalue weighted by Gasteiger charge is -2.36. The molecule has 43 heavy (non-hydrogen) atoms. The summed E-state index contributed by atoms with van der Waals surface area (Å²) in [5.41, 5.74) is 8.51. The molecule has 2 aromatic carbocycles. The normalized spacial score (nSPS) is 23.7. The first-order valence-corrected chi connectivity index (χ1v) is 15.6. The van der Waals surface area contributed by atoms with Gasteiger partial charge in [0.15, 0.2) is 0 Å². The summed E-state index contributed by atoms with van der Waals surface area (Å²) in [5, 5.41) is 7.31. The Labute approximate surface area is 258 Å². The quantitative estimate of drug-likeness (QED) is 0.317. The molecule has 2 aromatic rings. The Hall–Kier alpha value is -3.57. The number of fused-ring (bicyclic) bond motifs is 4. The number of carbonyl (C=O) groups excluding carboxylic acids is 4. The van der Waals surface area contributed by atoms with Gasteiger partial charge in [-0.15, -0.1) is 0 Å². The lowest BCUT2D eigenvalue weighted by molar-refractivity contribution is -0.137. The summed E-state index contributed by atoms with van der Waals surface area (Å²) in [6.07, 6.45) is 3.39. The highest BCUT2D eigenvalue weighted by Gasteiger charge is 2.38. The zero-order valence-corrected chi connectivity index (χ0v) is 25.6. The van der Waals surface area contributed by atoms with Gasteiger partial charge in [0, 0.05) is 32.6 Å². The average molecular weight is 610 g/mol. The fourth-order valence-electron chi connectivity index (χ4n) is 5.56.